The van der Waals surface area contributed by atoms with Crippen molar-refractivity contribution in [2.75, 3.05) is 19.6 Å². The van der Waals surface area contributed by atoms with Crippen LogP contribution in [0.15, 0.2) is 48.5 Å². The number of carbonyl (C=O) groups excluding carboxylic acids is 3. The molecule has 2 aromatic carbocycles. The lowest BCUT2D eigenvalue weighted by Gasteiger charge is -2.24. The van der Waals surface area contributed by atoms with Crippen molar-refractivity contribution in [2.24, 2.45) is 11.8 Å². The molecule has 2 fully saturated rings. The van der Waals surface area contributed by atoms with E-state index in [0.717, 1.165) is 16.7 Å². The number of rotatable bonds is 5. The Labute approximate surface area is 195 Å². The first kappa shape index (κ1) is 23.0. The van der Waals surface area contributed by atoms with Crippen molar-refractivity contribution < 1.29 is 19.1 Å². The number of nitrogens with zero attached hydrogens (tertiary/aromatic N) is 1. The van der Waals surface area contributed by atoms with E-state index < -0.39 is 11.5 Å². The summed E-state index contributed by atoms with van der Waals surface area (Å²) in [6.45, 7) is 7.01. The summed E-state index contributed by atoms with van der Waals surface area (Å²) < 4.78 is 5.38. The van der Waals surface area contributed by atoms with Crippen molar-refractivity contribution in [3.63, 3.8) is 0 Å². The Kier molecular flexibility index (Phi) is 6.54. The fraction of sp³-hybridized carbons (Fsp3) is 0.444. The maximum absolute atomic E-state index is 13.1. The molecule has 2 aliphatic heterocycles. The van der Waals surface area contributed by atoms with Crippen LogP contribution in [0.4, 0.5) is 0 Å². The van der Waals surface area contributed by atoms with Crippen LogP contribution in [0, 0.1) is 18.8 Å². The molecule has 2 unspecified atom stereocenters. The molecule has 0 radical (unpaired) electrons. The number of ether oxygens (including phenoxy) is 1. The minimum Gasteiger partial charge on any atom is -0.459 e. The zero-order valence-corrected chi connectivity index (χ0v) is 19.6. The van der Waals surface area contributed by atoms with E-state index >= 15 is 0 Å². The van der Waals surface area contributed by atoms with E-state index in [1.807, 2.05) is 26.0 Å². The van der Waals surface area contributed by atoms with E-state index in [9.17, 15) is 14.4 Å². The quantitative estimate of drug-likeness (QED) is 0.711. The van der Waals surface area contributed by atoms with Crippen LogP contribution in [0.1, 0.15) is 37.8 Å². The first-order chi connectivity index (χ1) is 15.7. The van der Waals surface area contributed by atoms with E-state index in [1.165, 1.54) is 5.56 Å². The molecule has 0 saturated carbocycles. The van der Waals surface area contributed by atoms with Crippen molar-refractivity contribution >= 4 is 17.8 Å². The van der Waals surface area contributed by atoms with Crippen LogP contribution in [0.3, 0.4) is 0 Å². The predicted molar refractivity (Wildman–Crippen MR) is 126 cm³/mol. The first-order valence-corrected chi connectivity index (χ1v) is 11.6. The zero-order valence-electron chi connectivity index (χ0n) is 19.6. The van der Waals surface area contributed by atoms with Crippen LogP contribution in [0.5, 0.6) is 0 Å². The normalized spacial score (nSPS) is 22.5. The maximum Gasteiger partial charge on any atom is 0.310 e. The number of cyclic esters (lactones) is 1. The van der Waals surface area contributed by atoms with Crippen molar-refractivity contribution in [3.05, 3.63) is 59.7 Å². The van der Waals surface area contributed by atoms with Gasteiger partial charge in [0.25, 0.3) is 0 Å². The van der Waals surface area contributed by atoms with E-state index in [1.54, 1.807) is 4.90 Å². The Morgan fingerprint density at radius 1 is 1.09 bits per heavy atom. The molecule has 33 heavy (non-hydrogen) atoms. The highest BCUT2D eigenvalue weighted by atomic mass is 16.6. The molecule has 2 aromatic rings. The number of esters is 1. The van der Waals surface area contributed by atoms with Gasteiger partial charge >= 0.3 is 5.97 Å². The van der Waals surface area contributed by atoms with Crippen molar-refractivity contribution in [1.82, 2.24) is 10.2 Å². The van der Waals surface area contributed by atoms with Gasteiger partial charge in [0.15, 0.2) is 0 Å². The summed E-state index contributed by atoms with van der Waals surface area (Å²) in [5, 5.41) is 2.96. The number of hydrogen-bond acceptors (Lipinski definition) is 4. The van der Waals surface area contributed by atoms with E-state index in [-0.39, 0.29) is 30.1 Å². The van der Waals surface area contributed by atoms with Gasteiger partial charge in [0.1, 0.15) is 5.60 Å². The lowest BCUT2D eigenvalue weighted by molar-refractivity contribution is -0.150. The third-order valence-electron chi connectivity index (χ3n) is 6.56. The summed E-state index contributed by atoms with van der Waals surface area (Å²) in [7, 11) is 0. The molecular weight excluding hydrogens is 416 g/mol. The molecule has 1 N–H and O–H groups in total. The molecule has 2 aliphatic rings. The first-order valence-electron chi connectivity index (χ1n) is 11.6. The molecule has 174 valence electrons. The van der Waals surface area contributed by atoms with Gasteiger partial charge in [0, 0.05) is 32.5 Å². The maximum atomic E-state index is 13.1. The minimum absolute atomic E-state index is 0.0366. The molecule has 2 heterocycles. The summed E-state index contributed by atoms with van der Waals surface area (Å²) in [4.78, 5) is 39.8. The SMILES string of the molecule is Cc1ccc(-c2ccccc2CC2CN(C(=O)CC3CC(C)(C)OC3=O)CCNC2=O)cc1. The Morgan fingerprint density at radius 3 is 2.52 bits per heavy atom. The second-order valence-corrected chi connectivity index (χ2v) is 9.84. The predicted octanol–water partition coefficient (Wildman–Crippen LogP) is 3.51. The second-order valence-electron chi connectivity index (χ2n) is 9.84. The third kappa shape index (κ3) is 5.44. The van der Waals surface area contributed by atoms with Crippen LogP contribution in [0.25, 0.3) is 11.1 Å². The smallest absolute Gasteiger partial charge is 0.310 e. The number of amides is 2. The number of carbonyl (C=O) groups is 3. The van der Waals surface area contributed by atoms with Gasteiger partial charge in [0.2, 0.25) is 11.8 Å². The van der Waals surface area contributed by atoms with Gasteiger partial charge in [0.05, 0.1) is 11.8 Å². The molecule has 2 atom stereocenters. The molecule has 6 heteroatoms. The lowest BCUT2D eigenvalue weighted by atomic mass is 9.91. The van der Waals surface area contributed by atoms with Gasteiger partial charge in [-0.15, -0.1) is 0 Å². The van der Waals surface area contributed by atoms with Crippen LogP contribution in [-0.2, 0) is 25.5 Å². The Balaban J connectivity index is 1.49. The van der Waals surface area contributed by atoms with Gasteiger partial charge in [-0.25, -0.2) is 0 Å². The van der Waals surface area contributed by atoms with E-state index in [2.05, 4.69) is 48.6 Å². The Hall–Kier alpha value is -3.15. The molecule has 2 amide bonds. The number of hydrogen-bond donors (Lipinski definition) is 1. The standard InChI is InChI=1S/C27H32N2O4/c1-18-8-10-19(11-9-18)23-7-5-4-6-20(23)14-22-17-29(13-12-28-25(22)31)24(30)15-21-16-27(2,3)33-26(21)32/h4-11,21-22H,12-17H2,1-3H3,(H,28,31). The minimum atomic E-state index is -0.527. The zero-order chi connectivity index (χ0) is 23.6. The Morgan fingerprint density at radius 2 is 1.82 bits per heavy atom. The largest absolute Gasteiger partial charge is 0.459 e. The van der Waals surface area contributed by atoms with Crippen LogP contribution >= 0.6 is 0 Å². The molecule has 0 aromatic heterocycles. The van der Waals surface area contributed by atoms with E-state index in [4.69, 9.17) is 4.74 Å². The molecule has 0 bridgehead atoms. The topological polar surface area (TPSA) is 75.7 Å². The number of aryl methyl sites for hydroxylation is 1. The summed E-state index contributed by atoms with van der Waals surface area (Å²) in [6, 6.07) is 16.5. The monoisotopic (exact) mass is 448 g/mol. The highest BCUT2D eigenvalue weighted by molar-refractivity contribution is 5.86. The fourth-order valence-corrected chi connectivity index (χ4v) is 4.83. The summed E-state index contributed by atoms with van der Waals surface area (Å²) in [5.74, 6) is -1.20. The van der Waals surface area contributed by atoms with Crippen LogP contribution in [-0.4, -0.2) is 47.9 Å². The average molecular weight is 449 g/mol. The lowest BCUT2D eigenvalue weighted by Crippen LogP contribution is -2.38. The Bertz CT molecular complexity index is 1040. The van der Waals surface area contributed by atoms with Gasteiger partial charge in [-0.1, -0.05) is 54.1 Å². The highest BCUT2D eigenvalue weighted by Crippen LogP contribution is 2.33. The third-order valence-corrected chi connectivity index (χ3v) is 6.56. The molecule has 4 rings (SSSR count). The average Bonchev–Trinajstić information content (AvgIpc) is 2.91. The molecular formula is C27H32N2O4. The fourth-order valence-electron chi connectivity index (χ4n) is 4.83. The van der Waals surface area contributed by atoms with Crippen LogP contribution < -0.4 is 5.32 Å². The van der Waals surface area contributed by atoms with Crippen LogP contribution in [0.2, 0.25) is 0 Å². The van der Waals surface area contributed by atoms with Crippen molar-refractivity contribution in [2.45, 2.75) is 45.6 Å². The molecule has 0 spiro atoms. The van der Waals surface area contributed by atoms with Crippen molar-refractivity contribution in [3.8, 4) is 11.1 Å². The highest BCUT2D eigenvalue weighted by Gasteiger charge is 2.41. The van der Waals surface area contributed by atoms with Gasteiger partial charge < -0.3 is 15.0 Å². The van der Waals surface area contributed by atoms with Crippen molar-refractivity contribution in [1.29, 1.82) is 0 Å². The van der Waals surface area contributed by atoms with E-state index in [0.29, 0.717) is 32.5 Å². The van der Waals surface area contributed by atoms with Gasteiger partial charge in [-0.3, -0.25) is 14.4 Å². The number of nitrogens with one attached hydrogen (secondary N) is 1. The summed E-state index contributed by atoms with van der Waals surface area (Å²) >= 11 is 0. The summed E-state index contributed by atoms with van der Waals surface area (Å²) in [6.07, 6.45) is 1.21. The number of benzene rings is 2. The second kappa shape index (κ2) is 9.38. The molecule has 6 nitrogen and oxygen atoms in total. The van der Waals surface area contributed by atoms with Gasteiger partial charge in [-0.2, -0.15) is 0 Å². The van der Waals surface area contributed by atoms with Gasteiger partial charge in [-0.05, 0) is 43.9 Å². The summed E-state index contributed by atoms with van der Waals surface area (Å²) in [5.41, 5.74) is 3.96. The molecule has 2 saturated heterocycles. The molecule has 0 aliphatic carbocycles.